The highest BCUT2D eigenvalue weighted by Gasteiger charge is 2.24. The number of carboxylic acid groups (broad SMARTS) is 1. The zero-order valence-electron chi connectivity index (χ0n) is 12.3. The Balaban J connectivity index is 2.79. The predicted molar refractivity (Wildman–Crippen MR) is 76.7 cm³/mol. The maximum Gasteiger partial charge on any atom is 0.303 e. The number of unbranched alkanes of at least 4 members (excludes halogenated alkanes) is 1. The molecule has 2 N–H and O–H groups in total. The zero-order chi connectivity index (χ0) is 14.6. The van der Waals surface area contributed by atoms with Crippen LogP contribution in [0.4, 0.5) is 0 Å². The molecule has 0 aromatic heterocycles. The molecule has 0 aliphatic rings. The molecule has 1 aromatic carbocycles. The first-order valence-corrected chi connectivity index (χ1v) is 6.76. The number of hydrogen-bond donors (Lipinski definition) is 2. The van der Waals surface area contributed by atoms with E-state index in [0.717, 1.165) is 29.5 Å². The van der Waals surface area contributed by atoms with Crippen LogP contribution in [-0.4, -0.2) is 16.2 Å². The maximum absolute atomic E-state index is 10.5. The molecule has 0 unspecified atom stereocenters. The molecule has 3 heteroatoms. The molecule has 0 saturated carbocycles. The van der Waals surface area contributed by atoms with Gasteiger partial charge in [-0.25, -0.2) is 0 Å². The highest BCUT2D eigenvalue weighted by molar-refractivity contribution is 5.66. The Morgan fingerprint density at radius 2 is 1.84 bits per heavy atom. The van der Waals surface area contributed by atoms with Gasteiger partial charge in [0.15, 0.2) is 0 Å². The molecule has 0 aliphatic heterocycles. The van der Waals surface area contributed by atoms with E-state index in [9.17, 15) is 9.90 Å². The summed E-state index contributed by atoms with van der Waals surface area (Å²) >= 11 is 0. The fourth-order valence-corrected chi connectivity index (χ4v) is 2.45. The molecule has 0 fully saturated rings. The number of carboxylic acids is 1. The summed E-state index contributed by atoms with van der Waals surface area (Å²) in [6.45, 7) is 8.13. The lowest BCUT2D eigenvalue weighted by Gasteiger charge is -2.27. The van der Waals surface area contributed by atoms with Crippen molar-refractivity contribution in [3.05, 3.63) is 28.8 Å². The topological polar surface area (TPSA) is 57.5 Å². The third kappa shape index (κ3) is 4.27. The van der Waals surface area contributed by atoms with E-state index in [1.54, 1.807) is 0 Å². The van der Waals surface area contributed by atoms with Gasteiger partial charge in [0.1, 0.15) is 5.75 Å². The van der Waals surface area contributed by atoms with Crippen molar-refractivity contribution in [3.63, 3.8) is 0 Å². The molecule has 1 rings (SSSR count). The summed E-state index contributed by atoms with van der Waals surface area (Å²) in [5.41, 5.74) is 2.86. The van der Waals surface area contributed by atoms with Crippen LogP contribution in [0.5, 0.6) is 5.75 Å². The molecule has 0 radical (unpaired) electrons. The van der Waals surface area contributed by atoms with Crippen LogP contribution in [0.15, 0.2) is 12.1 Å². The summed E-state index contributed by atoms with van der Waals surface area (Å²) in [6.07, 6.45) is 2.63. The van der Waals surface area contributed by atoms with Crippen molar-refractivity contribution in [2.24, 2.45) is 0 Å². The quantitative estimate of drug-likeness (QED) is 0.765. The van der Waals surface area contributed by atoms with E-state index in [2.05, 4.69) is 13.8 Å². The van der Waals surface area contributed by atoms with Crippen molar-refractivity contribution in [1.29, 1.82) is 0 Å². The molecule has 0 heterocycles. The highest BCUT2D eigenvalue weighted by Crippen LogP contribution is 2.37. The van der Waals surface area contributed by atoms with Crippen LogP contribution in [0, 0.1) is 13.8 Å². The Morgan fingerprint density at radius 3 is 2.42 bits per heavy atom. The Kier molecular flexibility index (Phi) is 4.98. The standard InChI is InChI=1S/C16H24O3/c1-11-9-12(2)15(19)13(10-11)16(3,4)8-6-5-7-14(17)18/h9-10,19H,5-8H2,1-4H3,(H,17,18). The van der Waals surface area contributed by atoms with Crippen LogP contribution in [0.2, 0.25) is 0 Å². The van der Waals surface area contributed by atoms with Crippen molar-refractivity contribution in [3.8, 4) is 5.75 Å². The monoisotopic (exact) mass is 264 g/mol. The molecule has 19 heavy (non-hydrogen) atoms. The first-order chi connectivity index (χ1) is 8.74. The number of aryl methyl sites for hydroxylation is 2. The summed E-state index contributed by atoms with van der Waals surface area (Å²) in [7, 11) is 0. The largest absolute Gasteiger partial charge is 0.507 e. The van der Waals surface area contributed by atoms with Crippen molar-refractivity contribution in [1.82, 2.24) is 0 Å². The van der Waals surface area contributed by atoms with Gasteiger partial charge in [-0.3, -0.25) is 4.79 Å². The summed E-state index contributed by atoms with van der Waals surface area (Å²) in [5, 5.41) is 18.8. The van der Waals surface area contributed by atoms with Crippen molar-refractivity contribution >= 4 is 5.97 Å². The fraction of sp³-hybridized carbons (Fsp3) is 0.562. The van der Waals surface area contributed by atoms with Gasteiger partial charge in [0.2, 0.25) is 0 Å². The maximum atomic E-state index is 10.5. The number of aromatic hydroxyl groups is 1. The van der Waals surface area contributed by atoms with Gasteiger partial charge in [0.05, 0.1) is 0 Å². The smallest absolute Gasteiger partial charge is 0.303 e. The SMILES string of the molecule is Cc1cc(C)c(O)c(C(C)(C)CCCCC(=O)O)c1. The molecule has 0 bridgehead atoms. The summed E-state index contributed by atoms with van der Waals surface area (Å²) in [4.78, 5) is 10.5. The van der Waals surface area contributed by atoms with Crippen LogP contribution in [-0.2, 0) is 10.2 Å². The molecule has 3 nitrogen and oxygen atoms in total. The molecular formula is C16H24O3. The number of hydrogen-bond acceptors (Lipinski definition) is 2. The number of aliphatic carboxylic acids is 1. The van der Waals surface area contributed by atoms with Crippen LogP contribution in [0.3, 0.4) is 0 Å². The van der Waals surface area contributed by atoms with Gasteiger partial charge in [-0.15, -0.1) is 0 Å². The molecule has 0 aliphatic carbocycles. The van der Waals surface area contributed by atoms with Crippen LogP contribution >= 0.6 is 0 Å². The summed E-state index contributed by atoms with van der Waals surface area (Å²) in [6, 6.07) is 4.00. The Labute approximate surface area is 115 Å². The molecule has 0 spiro atoms. The minimum absolute atomic E-state index is 0.140. The van der Waals surface area contributed by atoms with Crippen molar-refractivity contribution < 1.29 is 15.0 Å². The van der Waals surface area contributed by atoms with E-state index in [-0.39, 0.29) is 11.8 Å². The second kappa shape index (κ2) is 6.09. The number of phenols is 1. The Bertz CT molecular complexity index is 461. The Morgan fingerprint density at radius 1 is 1.21 bits per heavy atom. The third-order valence-corrected chi connectivity index (χ3v) is 3.62. The average Bonchev–Trinajstić information content (AvgIpc) is 2.29. The minimum Gasteiger partial charge on any atom is -0.507 e. The number of carbonyl (C=O) groups is 1. The van der Waals surface area contributed by atoms with Crippen molar-refractivity contribution in [2.75, 3.05) is 0 Å². The fourth-order valence-electron chi connectivity index (χ4n) is 2.45. The van der Waals surface area contributed by atoms with Gasteiger partial charge in [0, 0.05) is 12.0 Å². The molecule has 0 atom stereocenters. The second-order valence-electron chi connectivity index (χ2n) is 5.96. The van der Waals surface area contributed by atoms with E-state index in [4.69, 9.17) is 5.11 Å². The van der Waals surface area contributed by atoms with Crippen molar-refractivity contribution in [2.45, 2.75) is 58.8 Å². The van der Waals surface area contributed by atoms with E-state index in [0.29, 0.717) is 12.2 Å². The highest BCUT2D eigenvalue weighted by atomic mass is 16.4. The average molecular weight is 264 g/mol. The second-order valence-corrected chi connectivity index (χ2v) is 5.96. The van der Waals surface area contributed by atoms with Crippen LogP contribution in [0.25, 0.3) is 0 Å². The number of benzene rings is 1. The first-order valence-electron chi connectivity index (χ1n) is 6.76. The minimum atomic E-state index is -0.743. The lowest BCUT2D eigenvalue weighted by atomic mass is 9.78. The zero-order valence-corrected chi connectivity index (χ0v) is 12.3. The van der Waals surface area contributed by atoms with E-state index in [1.807, 2.05) is 26.0 Å². The number of phenolic OH excluding ortho intramolecular Hbond substituents is 1. The number of rotatable bonds is 6. The summed E-state index contributed by atoms with van der Waals surface area (Å²) < 4.78 is 0. The van der Waals surface area contributed by atoms with Crippen LogP contribution < -0.4 is 0 Å². The van der Waals surface area contributed by atoms with Gasteiger partial charge < -0.3 is 10.2 Å². The molecule has 0 amide bonds. The van der Waals surface area contributed by atoms with Gasteiger partial charge in [-0.2, -0.15) is 0 Å². The molecule has 1 aromatic rings. The van der Waals surface area contributed by atoms with E-state index >= 15 is 0 Å². The van der Waals surface area contributed by atoms with Gasteiger partial charge in [0.25, 0.3) is 0 Å². The van der Waals surface area contributed by atoms with Gasteiger partial charge in [-0.1, -0.05) is 38.0 Å². The molecule has 106 valence electrons. The molecule has 0 saturated heterocycles. The van der Waals surface area contributed by atoms with E-state index < -0.39 is 5.97 Å². The van der Waals surface area contributed by atoms with Gasteiger partial charge in [-0.05, 0) is 37.7 Å². The van der Waals surface area contributed by atoms with Crippen LogP contribution in [0.1, 0.15) is 56.2 Å². The predicted octanol–water partition coefficient (Wildman–Crippen LogP) is 3.93. The van der Waals surface area contributed by atoms with E-state index in [1.165, 1.54) is 0 Å². The van der Waals surface area contributed by atoms with Gasteiger partial charge >= 0.3 is 5.97 Å². The molecular weight excluding hydrogens is 240 g/mol. The lowest BCUT2D eigenvalue weighted by molar-refractivity contribution is -0.137. The normalized spacial score (nSPS) is 11.6. The third-order valence-electron chi connectivity index (χ3n) is 3.62. The lowest BCUT2D eigenvalue weighted by Crippen LogP contribution is -2.18. The summed E-state index contributed by atoms with van der Waals surface area (Å²) in [5.74, 6) is -0.374. The Hall–Kier alpha value is -1.51. The first kappa shape index (κ1) is 15.5.